The van der Waals surface area contributed by atoms with Crippen molar-refractivity contribution >= 4 is 15.9 Å². The summed E-state index contributed by atoms with van der Waals surface area (Å²) in [4.78, 5) is 0. The lowest BCUT2D eigenvalue weighted by Gasteiger charge is -2.41. The Morgan fingerprint density at radius 1 is 0.571 bits per heavy atom. The van der Waals surface area contributed by atoms with E-state index in [0.717, 1.165) is 0 Å². The van der Waals surface area contributed by atoms with Gasteiger partial charge in [0.05, 0.1) is 0 Å². The van der Waals surface area contributed by atoms with E-state index in [1.165, 1.54) is 0 Å². The summed E-state index contributed by atoms with van der Waals surface area (Å²) in [5.74, 6) is -48.2. The molecule has 1 nitrogen and oxygen atoms in total. The van der Waals surface area contributed by atoms with Crippen molar-refractivity contribution in [3.05, 3.63) is 0 Å². The van der Waals surface area contributed by atoms with Gasteiger partial charge in [0.15, 0.2) is 0 Å². The molecule has 0 aliphatic carbocycles. The number of rotatable bonds is 8. The Morgan fingerprint density at radius 3 is 1.14 bits per heavy atom. The van der Waals surface area contributed by atoms with E-state index < -0.39 is 53.1 Å². The second kappa shape index (κ2) is 7.23. The summed E-state index contributed by atoms with van der Waals surface area (Å²) in [6, 6.07) is 0. The van der Waals surface area contributed by atoms with E-state index in [-0.39, 0.29) is 0 Å². The molecule has 0 spiro atoms. The van der Waals surface area contributed by atoms with Crippen LogP contribution in [0.2, 0.25) is 0 Å². The summed E-state index contributed by atoms with van der Waals surface area (Å²) in [5, 5.41) is -1.98. The Kier molecular flexibility index (Phi) is 7.05. The standard InChI is InChI=1S/C10H5BrF16O/c1-2(11)28-3(12)4(13,14)5(15,16)6(17,18)7(19,20)8(21,22)9(23,24)10(25,26)27/h2-3H,1H3. The Bertz CT molecular complexity index is 552. The van der Waals surface area contributed by atoms with Crippen LogP contribution in [-0.2, 0) is 4.74 Å². The molecule has 18 heteroatoms. The highest BCUT2D eigenvalue weighted by Crippen LogP contribution is 2.62. The molecule has 0 aliphatic heterocycles. The van der Waals surface area contributed by atoms with Gasteiger partial charge in [-0.2, -0.15) is 65.9 Å². The topological polar surface area (TPSA) is 9.23 Å². The van der Waals surface area contributed by atoms with E-state index in [1.54, 1.807) is 0 Å². The predicted octanol–water partition coefficient (Wildman–Crippen LogP) is 6.41. The number of halogens is 17. The summed E-state index contributed by atoms with van der Waals surface area (Å²) in [5.41, 5.74) is 0. The monoisotopic (exact) mass is 524 g/mol. The maximum Gasteiger partial charge on any atom is 0.460 e. The lowest BCUT2D eigenvalue weighted by atomic mass is 9.91. The van der Waals surface area contributed by atoms with Crippen molar-refractivity contribution in [1.82, 2.24) is 0 Å². The van der Waals surface area contributed by atoms with E-state index in [4.69, 9.17) is 0 Å². The average Bonchev–Trinajstić information content (AvgIpc) is 2.43. The molecule has 0 heterocycles. The number of hydrogen-bond donors (Lipinski definition) is 0. The fourth-order valence-corrected chi connectivity index (χ4v) is 1.56. The molecule has 0 radical (unpaired) electrons. The largest absolute Gasteiger partial charge is 0.460 e. The molecule has 0 saturated heterocycles. The van der Waals surface area contributed by atoms with Crippen LogP contribution in [0.1, 0.15) is 6.92 Å². The molecule has 0 amide bonds. The van der Waals surface area contributed by atoms with Gasteiger partial charge < -0.3 is 4.74 Å². The quantitative estimate of drug-likeness (QED) is 0.263. The minimum absolute atomic E-state index is 0.561. The van der Waals surface area contributed by atoms with Gasteiger partial charge in [-0.05, 0) is 6.92 Å². The van der Waals surface area contributed by atoms with Crippen molar-refractivity contribution in [3.8, 4) is 0 Å². The van der Waals surface area contributed by atoms with Gasteiger partial charge in [-0.15, -0.1) is 0 Å². The van der Waals surface area contributed by atoms with Gasteiger partial charge in [0.1, 0.15) is 5.01 Å². The summed E-state index contributed by atoms with van der Waals surface area (Å²) in [7, 11) is 0. The van der Waals surface area contributed by atoms with Crippen LogP contribution < -0.4 is 0 Å². The van der Waals surface area contributed by atoms with Gasteiger partial charge in [0, 0.05) is 0 Å². The van der Waals surface area contributed by atoms with Crippen molar-refractivity contribution in [1.29, 1.82) is 0 Å². The fourth-order valence-electron chi connectivity index (χ4n) is 1.37. The first-order chi connectivity index (χ1) is 11.8. The fraction of sp³-hybridized carbons (Fsp3) is 1.00. The summed E-state index contributed by atoms with van der Waals surface area (Å²) in [6.45, 7) is 0.561. The normalized spacial score (nSPS) is 18.2. The molecule has 0 N–H and O–H groups in total. The van der Waals surface area contributed by atoms with Crippen molar-refractivity contribution in [2.45, 2.75) is 60.0 Å². The third-order valence-electron chi connectivity index (χ3n) is 2.94. The van der Waals surface area contributed by atoms with Gasteiger partial charge in [-0.1, -0.05) is 15.9 Å². The lowest BCUT2D eigenvalue weighted by molar-refractivity contribution is -0.459. The molecule has 170 valence electrons. The van der Waals surface area contributed by atoms with E-state index in [0.29, 0.717) is 6.92 Å². The van der Waals surface area contributed by atoms with Crippen molar-refractivity contribution in [2.24, 2.45) is 0 Å². The van der Waals surface area contributed by atoms with Crippen LogP contribution in [0.15, 0.2) is 0 Å². The maximum atomic E-state index is 13.2. The van der Waals surface area contributed by atoms with Gasteiger partial charge in [-0.3, -0.25) is 0 Å². The number of alkyl halides is 17. The zero-order chi connectivity index (χ0) is 23.4. The highest BCUT2D eigenvalue weighted by Gasteiger charge is 2.94. The molecule has 0 aromatic heterocycles. The Labute approximate surface area is 152 Å². The highest BCUT2D eigenvalue weighted by molar-refractivity contribution is 9.09. The van der Waals surface area contributed by atoms with Gasteiger partial charge in [-0.25, -0.2) is 4.39 Å². The molecular formula is C10H5BrF16O. The summed E-state index contributed by atoms with van der Waals surface area (Å²) in [6.07, 6.45) is -12.6. The highest BCUT2D eigenvalue weighted by atomic mass is 79.9. The Balaban J connectivity index is 6.47. The van der Waals surface area contributed by atoms with Crippen LogP contribution >= 0.6 is 15.9 Å². The molecule has 0 bridgehead atoms. The van der Waals surface area contributed by atoms with E-state index in [9.17, 15) is 70.2 Å². The molecule has 28 heavy (non-hydrogen) atoms. The third-order valence-corrected chi connectivity index (χ3v) is 3.16. The van der Waals surface area contributed by atoms with Crippen LogP contribution in [0.25, 0.3) is 0 Å². The van der Waals surface area contributed by atoms with Crippen molar-refractivity contribution in [2.75, 3.05) is 0 Å². The van der Waals surface area contributed by atoms with Gasteiger partial charge >= 0.3 is 41.7 Å². The Morgan fingerprint density at radius 2 is 0.857 bits per heavy atom. The van der Waals surface area contributed by atoms with Crippen LogP contribution in [0.4, 0.5) is 70.2 Å². The van der Waals surface area contributed by atoms with E-state index >= 15 is 0 Å². The number of hydrogen-bond acceptors (Lipinski definition) is 1. The number of ether oxygens (including phenoxy) is 1. The SMILES string of the molecule is CC(Br)OC(F)C(F)(F)C(F)(F)C(F)(F)C(F)(F)C(F)(F)C(F)(F)C(F)(F)F. The zero-order valence-electron chi connectivity index (χ0n) is 12.5. The molecule has 0 saturated carbocycles. The average molecular weight is 525 g/mol. The third kappa shape index (κ3) is 3.74. The second-order valence-electron chi connectivity index (χ2n) is 4.99. The molecule has 2 atom stereocenters. The first-order valence-electron chi connectivity index (χ1n) is 6.11. The molecule has 0 aromatic carbocycles. The minimum atomic E-state index is -8.45. The smallest absolute Gasteiger partial charge is 0.329 e. The van der Waals surface area contributed by atoms with Crippen molar-refractivity contribution < 1.29 is 75.0 Å². The molecule has 0 fully saturated rings. The van der Waals surface area contributed by atoms with E-state index in [2.05, 4.69) is 20.7 Å². The van der Waals surface area contributed by atoms with Crippen molar-refractivity contribution in [3.63, 3.8) is 0 Å². The Hall–Kier alpha value is -0.680. The molecule has 0 rings (SSSR count). The molecule has 0 aliphatic rings. The van der Waals surface area contributed by atoms with E-state index in [1.807, 2.05) is 0 Å². The molecule has 2 unspecified atom stereocenters. The first-order valence-corrected chi connectivity index (χ1v) is 7.02. The van der Waals surface area contributed by atoms with Gasteiger partial charge in [0.25, 0.3) is 6.36 Å². The maximum absolute atomic E-state index is 13.2. The minimum Gasteiger partial charge on any atom is -0.329 e. The summed E-state index contributed by atoms with van der Waals surface area (Å²) < 4.78 is 208. The van der Waals surface area contributed by atoms with Crippen LogP contribution in [0, 0.1) is 0 Å². The predicted molar refractivity (Wildman–Crippen MR) is 60.1 cm³/mol. The van der Waals surface area contributed by atoms with Crippen LogP contribution in [-0.4, -0.2) is 53.1 Å². The molecular weight excluding hydrogens is 520 g/mol. The second-order valence-corrected chi connectivity index (χ2v) is 6.28. The lowest BCUT2D eigenvalue weighted by Crippen LogP contribution is -2.73. The van der Waals surface area contributed by atoms with Crippen LogP contribution in [0.5, 0.6) is 0 Å². The molecule has 0 aromatic rings. The summed E-state index contributed by atoms with van der Waals surface area (Å²) >= 11 is 2.08. The van der Waals surface area contributed by atoms with Gasteiger partial charge in [0.2, 0.25) is 0 Å². The zero-order valence-corrected chi connectivity index (χ0v) is 14.1. The van der Waals surface area contributed by atoms with Crippen LogP contribution in [0.3, 0.4) is 0 Å². The first kappa shape index (κ1) is 27.3.